The van der Waals surface area contributed by atoms with Crippen LogP contribution in [0, 0.1) is 0 Å². The molecular weight excluding hydrogens is 873 g/mol. The Morgan fingerprint density at radius 2 is 0.563 bits per heavy atom. The quantitative estimate of drug-likeness (QED) is 0.0373. The van der Waals surface area contributed by atoms with Crippen molar-refractivity contribution in [1.82, 2.24) is 0 Å². The largest absolute Gasteiger partial charge is 0.462 e. The van der Waals surface area contributed by atoms with Crippen LogP contribution >= 0.6 is 0 Å². The van der Waals surface area contributed by atoms with Crippen LogP contribution in [0.1, 0.15) is 367 Å². The van der Waals surface area contributed by atoms with E-state index >= 15 is 0 Å². The van der Waals surface area contributed by atoms with Gasteiger partial charge in [-0.1, -0.05) is 334 Å². The summed E-state index contributed by atoms with van der Waals surface area (Å²) < 4.78 is 10.7. The Bertz CT molecular complexity index is 1080. The molecule has 0 radical (unpaired) electrons. The predicted octanol–water partition coefficient (Wildman–Crippen LogP) is 22.0. The molecule has 1 N–H and O–H groups in total. The number of carbonyl (C=O) groups is 2. The zero-order chi connectivity index (χ0) is 51.3. The fraction of sp³-hybridized carbons (Fsp3) is 0.909. The summed E-state index contributed by atoms with van der Waals surface area (Å²) >= 11 is 0. The van der Waals surface area contributed by atoms with Crippen LogP contribution < -0.4 is 0 Å². The van der Waals surface area contributed by atoms with Gasteiger partial charge in [-0.2, -0.15) is 0 Å². The molecule has 1 unspecified atom stereocenters. The standard InChI is InChI=1S/C66H126O5/c1-3-5-7-9-11-13-15-17-19-21-23-25-27-28-29-30-31-32-33-34-35-36-37-38-39-41-43-45-47-49-51-53-55-57-59-61-66(69)71-64(62-67)63-70-65(68)60-58-56-54-52-50-48-46-44-42-40-26-24-22-20-18-16-14-12-10-8-6-4-2/h15,17,21,23,64,67H,3-14,16,18-20,22,24-63H2,1-2H3/b17-15-,23-21-. The maximum Gasteiger partial charge on any atom is 0.306 e. The molecule has 0 aromatic rings. The Morgan fingerprint density at radius 1 is 0.324 bits per heavy atom. The van der Waals surface area contributed by atoms with Crippen LogP contribution in [0.4, 0.5) is 0 Å². The third kappa shape index (κ3) is 60.8. The van der Waals surface area contributed by atoms with Gasteiger partial charge in [0.25, 0.3) is 0 Å². The third-order valence-electron chi connectivity index (χ3n) is 15.0. The molecular formula is C66H126O5. The molecule has 0 aromatic heterocycles. The number of aliphatic hydroxyl groups excluding tert-OH is 1. The highest BCUT2D eigenvalue weighted by atomic mass is 16.6. The van der Waals surface area contributed by atoms with E-state index in [0.717, 1.165) is 38.5 Å². The topological polar surface area (TPSA) is 72.8 Å². The van der Waals surface area contributed by atoms with Gasteiger partial charge in [-0.05, 0) is 44.9 Å². The fourth-order valence-electron chi connectivity index (χ4n) is 10.1. The van der Waals surface area contributed by atoms with Crippen LogP contribution in [0.15, 0.2) is 24.3 Å². The maximum atomic E-state index is 12.3. The van der Waals surface area contributed by atoms with Gasteiger partial charge in [0, 0.05) is 12.8 Å². The van der Waals surface area contributed by atoms with E-state index in [2.05, 4.69) is 38.2 Å². The number of hydrogen-bond acceptors (Lipinski definition) is 5. The lowest BCUT2D eigenvalue weighted by Crippen LogP contribution is -2.28. The second kappa shape index (κ2) is 62.7. The number of carbonyl (C=O) groups excluding carboxylic acids is 2. The second-order valence-electron chi connectivity index (χ2n) is 22.2. The van der Waals surface area contributed by atoms with E-state index in [1.807, 2.05) is 0 Å². The van der Waals surface area contributed by atoms with Crippen molar-refractivity contribution in [1.29, 1.82) is 0 Å². The highest BCUT2D eigenvalue weighted by Crippen LogP contribution is 2.19. The molecule has 0 aliphatic heterocycles. The van der Waals surface area contributed by atoms with Gasteiger partial charge in [-0.25, -0.2) is 0 Å². The third-order valence-corrected chi connectivity index (χ3v) is 15.0. The summed E-state index contributed by atoms with van der Waals surface area (Å²) in [6, 6.07) is 0. The molecule has 0 amide bonds. The van der Waals surface area contributed by atoms with E-state index in [9.17, 15) is 14.7 Å². The van der Waals surface area contributed by atoms with Gasteiger partial charge in [0.05, 0.1) is 6.61 Å². The van der Waals surface area contributed by atoms with Crippen LogP contribution in [0.5, 0.6) is 0 Å². The minimum atomic E-state index is -0.767. The molecule has 5 heteroatoms. The van der Waals surface area contributed by atoms with Gasteiger partial charge in [-0.3, -0.25) is 9.59 Å². The van der Waals surface area contributed by atoms with Crippen LogP contribution in [0.2, 0.25) is 0 Å². The molecule has 0 bridgehead atoms. The molecule has 0 rings (SSSR count). The van der Waals surface area contributed by atoms with E-state index in [1.165, 1.54) is 302 Å². The molecule has 0 spiro atoms. The average Bonchev–Trinajstić information content (AvgIpc) is 3.37. The monoisotopic (exact) mass is 999 g/mol. The fourth-order valence-corrected chi connectivity index (χ4v) is 10.1. The van der Waals surface area contributed by atoms with Gasteiger partial charge >= 0.3 is 11.9 Å². The summed E-state index contributed by atoms with van der Waals surface area (Å²) in [5.74, 6) is -0.564. The Kier molecular flexibility index (Phi) is 61.2. The summed E-state index contributed by atoms with van der Waals surface area (Å²) in [4.78, 5) is 24.6. The highest BCUT2D eigenvalue weighted by Gasteiger charge is 2.16. The summed E-state index contributed by atoms with van der Waals surface area (Å²) in [6.45, 7) is 4.19. The molecule has 5 nitrogen and oxygen atoms in total. The normalized spacial score (nSPS) is 12.2. The minimum absolute atomic E-state index is 0.0574. The van der Waals surface area contributed by atoms with Gasteiger partial charge in [0.1, 0.15) is 6.61 Å². The smallest absolute Gasteiger partial charge is 0.306 e. The molecule has 0 saturated heterocycles. The zero-order valence-electron chi connectivity index (χ0n) is 48.3. The van der Waals surface area contributed by atoms with Crippen LogP contribution in [-0.2, 0) is 19.1 Å². The Hall–Kier alpha value is -1.62. The number of unbranched alkanes of at least 4 members (excludes halogenated alkanes) is 49. The molecule has 0 aliphatic carbocycles. The highest BCUT2D eigenvalue weighted by molar-refractivity contribution is 5.70. The summed E-state index contributed by atoms with van der Waals surface area (Å²) in [5.41, 5.74) is 0. The molecule has 71 heavy (non-hydrogen) atoms. The van der Waals surface area contributed by atoms with Crippen molar-refractivity contribution in [3.8, 4) is 0 Å². The van der Waals surface area contributed by atoms with Gasteiger partial charge < -0.3 is 14.6 Å². The van der Waals surface area contributed by atoms with Gasteiger partial charge in [0.2, 0.25) is 0 Å². The average molecular weight is 1000 g/mol. The van der Waals surface area contributed by atoms with Crippen molar-refractivity contribution in [2.75, 3.05) is 13.2 Å². The van der Waals surface area contributed by atoms with E-state index in [0.29, 0.717) is 12.8 Å². The first-order chi connectivity index (χ1) is 35.1. The van der Waals surface area contributed by atoms with Crippen molar-refractivity contribution in [2.45, 2.75) is 373 Å². The lowest BCUT2D eigenvalue weighted by atomic mass is 10.0. The first-order valence-corrected chi connectivity index (χ1v) is 32.4. The van der Waals surface area contributed by atoms with Gasteiger partial charge in [-0.15, -0.1) is 0 Å². The molecule has 0 aliphatic rings. The summed E-state index contributed by atoms with van der Waals surface area (Å²) in [6.07, 6.45) is 80.5. The number of hydrogen-bond donors (Lipinski definition) is 1. The van der Waals surface area contributed by atoms with E-state index in [-0.39, 0.29) is 25.2 Å². The molecule has 0 aromatic carbocycles. The van der Waals surface area contributed by atoms with E-state index < -0.39 is 6.10 Å². The number of rotatable bonds is 61. The molecule has 0 heterocycles. The molecule has 1 atom stereocenters. The summed E-state index contributed by atoms with van der Waals surface area (Å²) in [5, 5.41) is 9.68. The lowest BCUT2D eigenvalue weighted by Gasteiger charge is -2.15. The number of esters is 2. The first-order valence-electron chi connectivity index (χ1n) is 32.4. The Balaban J connectivity index is 3.38. The number of aliphatic hydroxyl groups is 1. The van der Waals surface area contributed by atoms with E-state index in [4.69, 9.17) is 9.47 Å². The molecule has 0 saturated carbocycles. The molecule has 420 valence electrons. The minimum Gasteiger partial charge on any atom is -0.462 e. The van der Waals surface area contributed by atoms with Crippen molar-refractivity contribution in [3.63, 3.8) is 0 Å². The first kappa shape index (κ1) is 69.4. The van der Waals surface area contributed by atoms with E-state index in [1.54, 1.807) is 0 Å². The van der Waals surface area contributed by atoms with Gasteiger partial charge in [0.15, 0.2) is 6.10 Å². The van der Waals surface area contributed by atoms with Crippen LogP contribution in [0.25, 0.3) is 0 Å². The van der Waals surface area contributed by atoms with Crippen LogP contribution in [0.3, 0.4) is 0 Å². The maximum absolute atomic E-state index is 12.3. The van der Waals surface area contributed by atoms with Crippen molar-refractivity contribution in [3.05, 3.63) is 24.3 Å². The Morgan fingerprint density at radius 3 is 0.831 bits per heavy atom. The van der Waals surface area contributed by atoms with Crippen molar-refractivity contribution >= 4 is 11.9 Å². The number of ether oxygens (including phenoxy) is 2. The summed E-state index contributed by atoms with van der Waals surface area (Å²) in [7, 11) is 0. The molecule has 0 fully saturated rings. The second-order valence-corrected chi connectivity index (χ2v) is 22.2. The zero-order valence-corrected chi connectivity index (χ0v) is 48.3. The number of allylic oxidation sites excluding steroid dienone is 4. The SMILES string of the molecule is CCCCCCC/C=C\C/C=C\CCCCCCCCCCCCCCCCCCCCCCCCCC(=O)OC(CO)COC(=O)CCCCCCCCCCCCCCCCCCCCCCCC. The van der Waals surface area contributed by atoms with Crippen LogP contribution in [-0.4, -0.2) is 36.4 Å². The lowest BCUT2D eigenvalue weighted by molar-refractivity contribution is -0.161. The van der Waals surface area contributed by atoms with Crippen molar-refractivity contribution in [2.24, 2.45) is 0 Å². The van der Waals surface area contributed by atoms with Crippen molar-refractivity contribution < 1.29 is 24.2 Å². The Labute approximate surface area is 444 Å². The predicted molar refractivity (Wildman–Crippen MR) is 311 cm³/mol.